The summed E-state index contributed by atoms with van der Waals surface area (Å²) in [4.78, 5) is 15.2. The van der Waals surface area contributed by atoms with Gasteiger partial charge < -0.3 is 10.0 Å². The zero-order valence-corrected chi connectivity index (χ0v) is 12.4. The van der Waals surface area contributed by atoms with E-state index in [0.717, 1.165) is 12.5 Å². The molecule has 0 spiro atoms. The molecule has 1 N–H and O–H groups in total. The molecule has 6 heteroatoms. The molecule has 0 aliphatic carbocycles. The highest BCUT2D eigenvalue weighted by Crippen LogP contribution is 2.23. The normalized spacial score (nSPS) is 20.3. The van der Waals surface area contributed by atoms with Gasteiger partial charge in [0.2, 0.25) is 5.91 Å². The molecule has 0 aromatic heterocycles. The second kappa shape index (κ2) is 6.30. The second-order valence-electron chi connectivity index (χ2n) is 6.11. The van der Waals surface area contributed by atoms with E-state index in [1.807, 2.05) is 4.90 Å². The molecule has 1 fully saturated rings. The van der Waals surface area contributed by atoms with E-state index in [1.165, 1.54) is 6.07 Å². The Hall–Kier alpha value is -1.53. The van der Waals surface area contributed by atoms with E-state index in [4.69, 9.17) is 0 Å². The largest absolute Gasteiger partial charge is 0.390 e. The molecular weight excluding hydrogens is 290 g/mol. The lowest BCUT2D eigenvalue weighted by Crippen LogP contribution is -2.42. The fourth-order valence-electron chi connectivity index (χ4n) is 3.33. The number of carbonyl (C=O) groups excluding carboxylic acids is 1. The van der Waals surface area contributed by atoms with E-state index in [0.29, 0.717) is 56.7 Å². The number of amides is 1. The number of hydrogen-bond acceptors (Lipinski definition) is 3. The Bertz CT molecular complexity index is 580. The van der Waals surface area contributed by atoms with Crippen LogP contribution in [0.1, 0.15) is 24.0 Å². The van der Waals surface area contributed by atoms with Gasteiger partial charge in [-0.3, -0.25) is 9.69 Å². The van der Waals surface area contributed by atoms with Gasteiger partial charge >= 0.3 is 0 Å². The molecule has 1 amide bonds. The molecule has 0 bridgehead atoms. The quantitative estimate of drug-likeness (QED) is 0.912. The molecule has 0 saturated carbocycles. The fraction of sp³-hybridized carbons (Fsp3) is 0.562. The molecule has 3 rings (SSSR count). The topological polar surface area (TPSA) is 43.8 Å². The van der Waals surface area contributed by atoms with Crippen molar-refractivity contribution in [1.82, 2.24) is 9.80 Å². The molecule has 1 aromatic rings. The summed E-state index contributed by atoms with van der Waals surface area (Å²) >= 11 is 0. The number of nitrogens with zero attached hydrogens (tertiary/aromatic N) is 2. The Morgan fingerprint density at radius 1 is 1.18 bits per heavy atom. The highest BCUT2D eigenvalue weighted by atomic mass is 19.1. The van der Waals surface area contributed by atoms with Crippen LogP contribution < -0.4 is 0 Å². The zero-order chi connectivity index (χ0) is 15.7. The van der Waals surface area contributed by atoms with Crippen LogP contribution in [0.25, 0.3) is 0 Å². The predicted molar refractivity (Wildman–Crippen MR) is 77.2 cm³/mol. The van der Waals surface area contributed by atoms with Crippen molar-refractivity contribution in [3.05, 3.63) is 34.9 Å². The second-order valence-corrected chi connectivity index (χ2v) is 6.11. The lowest BCUT2D eigenvalue weighted by atomic mass is 9.98. The lowest BCUT2D eigenvalue weighted by Gasteiger charge is -2.31. The maximum atomic E-state index is 13.7. The number of hydrogen-bond donors (Lipinski definition) is 1. The summed E-state index contributed by atoms with van der Waals surface area (Å²) in [6, 6.07) is 2.28. The van der Waals surface area contributed by atoms with E-state index in [1.54, 1.807) is 4.90 Å². The SMILES string of the molecule is O=C1CCCN1CC(O)CN1CCc2c(F)cc(F)cc2C1. The Morgan fingerprint density at radius 3 is 2.73 bits per heavy atom. The first kappa shape index (κ1) is 15.4. The number of carbonyl (C=O) groups is 1. The number of benzene rings is 1. The fourth-order valence-corrected chi connectivity index (χ4v) is 3.33. The molecule has 2 aliphatic heterocycles. The number of rotatable bonds is 4. The average Bonchev–Trinajstić information content (AvgIpc) is 2.83. The molecule has 0 radical (unpaired) electrons. The molecule has 120 valence electrons. The third kappa shape index (κ3) is 3.28. The minimum absolute atomic E-state index is 0.0900. The van der Waals surface area contributed by atoms with E-state index in [9.17, 15) is 18.7 Å². The molecule has 4 nitrogen and oxygen atoms in total. The van der Waals surface area contributed by atoms with Gasteiger partial charge in [0.25, 0.3) is 0 Å². The van der Waals surface area contributed by atoms with Crippen LogP contribution in [0, 0.1) is 11.6 Å². The van der Waals surface area contributed by atoms with Crippen molar-refractivity contribution in [2.24, 2.45) is 0 Å². The summed E-state index contributed by atoms with van der Waals surface area (Å²) in [5, 5.41) is 10.2. The monoisotopic (exact) mass is 310 g/mol. The molecule has 1 saturated heterocycles. The summed E-state index contributed by atoms with van der Waals surface area (Å²) in [6.45, 7) is 2.49. The van der Waals surface area contributed by atoms with Crippen molar-refractivity contribution in [2.45, 2.75) is 31.9 Å². The summed E-state index contributed by atoms with van der Waals surface area (Å²) in [7, 11) is 0. The summed E-state index contributed by atoms with van der Waals surface area (Å²) in [6.07, 6.45) is 1.28. The van der Waals surface area contributed by atoms with E-state index in [-0.39, 0.29) is 5.91 Å². The Labute approximate surface area is 128 Å². The van der Waals surface area contributed by atoms with E-state index >= 15 is 0 Å². The van der Waals surface area contributed by atoms with Crippen molar-refractivity contribution >= 4 is 5.91 Å². The van der Waals surface area contributed by atoms with Crippen LogP contribution in [0.3, 0.4) is 0 Å². The maximum Gasteiger partial charge on any atom is 0.222 e. The number of halogens is 2. The molecular formula is C16H20F2N2O2. The molecule has 2 heterocycles. The standard InChI is InChI=1S/C16H20F2N2O2/c17-12-6-11-8-19(5-3-14(11)15(18)7-12)9-13(21)10-20-4-1-2-16(20)22/h6-7,13,21H,1-5,8-10H2. The van der Waals surface area contributed by atoms with Crippen molar-refractivity contribution in [2.75, 3.05) is 26.2 Å². The van der Waals surface area contributed by atoms with Gasteiger partial charge in [-0.1, -0.05) is 0 Å². The molecule has 22 heavy (non-hydrogen) atoms. The molecule has 2 aliphatic rings. The van der Waals surface area contributed by atoms with Crippen LogP contribution in [0.4, 0.5) is 8.78 Å². The Kier molecular flexibility index (Phi) is 4.40. The van der Waals surface area contributed by atoms with E-state index in [2.05, 4.69) is 0 Å². The van der Waals surface area contributed by atoms with E-state index < -0.39 is 17.7 Å². The first-order valence-corrected chi connectivity index (χ1v) is 7.68. The van der Waals surface area contributed by atoms with Gasteiger partial charge in [0.05, 0.1) is 6.10 Å². The lowest BCUT2D eigenvalue weighted by molar-refractivity contribution is -0.129. The van der Waals surface area contributed by atoms with Crippen LogP contribution in [0.5, 0.6) is 0 Å². The zero-order valence-electron chi connectivity index (χ0n) is 12.4. The number of fused-ring (bicyclic) bond motifs is 1. The third-order valence-electron chi connectivity index (χ3n) is 4.40. The molecule has 1 unspecified atom stereocenters. The Morgan fingerprint density at radius 2 is 2.00 bits per heavy atom. The van der Waals surface area contributed by atoms with Gasteiger partial charge in [-0.05, 0) is 30.0 Å². The third-order valence-corrected chi connectivity index (χ3v) is 4.40. The van der Waals surface area contributed by atoms with Crippen molar-refractivity contribution in [3.63, 3.8) is 0 Å². The number of likely N-dealkylation sites (tertiary alicyclic amines) is 1. The minimum Gasteiger partial charge on any atom is -0.390 e. The van der Waals surface area contributed by atoms with Crippen LogP contribution in [-0.4, -0.2) is 53.1 Å². The summed E-state index contributed by atoms with van der Waals surface area (Å²) in [5.41, 5.74) is 1.22. The van der Waals surface area contributed by atoms with Crippen LogP contribution in [-0.2, 0) is 17.8 Å². The van der Waals surface area contributed by atoms with Gasteiger partial charge in [0, 0.05) is 45.2 Å². The van der Waals surface area contributed by atoms with Gasteiger partial charge in [-0.25, -0.2) is 8.78 Å². The Balaban J connectivity index is 1.59. The highest BCUT2D eigenvalue weighted by Gasteiger charge is 2.25. The number of aliphatic hydroxyl groups excluding tert-OH is 1. The first-order valence-electron chi connectivity index (χ1n) is 7.68. The van der Waals surface area contributed by atoms with Crippen LogP contribution in [0.2, 0.25) is 0 Å². The van der Waals surface area contributed by atoms with Crippen molar-refractivity contribution < 1.29 is 18.7 Å². The molecule has 1 aromatic carbocycles. The summed E-state index contributed by atoms with van der Waals surface area (Å²) in [5.74, 6) is -0.966. The van der Waals surface area contributed by atoms with Crippen LogP contribution in [0.15, 0.2) is 12.1 Å². The predicted octanol–water partition coefficient (Wildman–Crippen LogP) is 1.31. The van der Waals surface area contributed by atoms with Gasteiger partial charge in [0.1, 0.15) is 11.6 Å². The smallest absolute Gasteiger partial charge is 0.222 e. The first-order chi connectivity index (χ1) is 10.5. The minimum atomic E-state index is -0.637. The maximum absolute atomic E-state index is 13.7. The van der Waals surface area contributed by atoms with Crippen LogP contribution >= 0.6 is 0 Å². The summed E-state index contributed by atoms with van der Waals surface area (Å²) < 4.78 is 27.0. The van der Waals surface area contributed by atoms with Gasteiger partial charge in [-0.2, -0.15) is 0 Å². The number of β-amino-alcohol motifs (C(OH)–C–C–N with tert-alkyl or cyclic N) is 1. The molecule has 1 atom stereocenters. The van der Waals surface area contributed by atoms with Gasteiger partial charge in [0.15, 0.2) is 0 Å². The van der Waals surface area contributed by atoms with Crippen molar-refractivity contribution in [3.8, 4) is 0 Å². The van der Waals surface area contributed by atoms with Crippen molar-refractivity contribution in [1.29, 1.82) is 0 Å². The number of aliphatic hydroxyl groups is 1. The average molecular weight is 310 g/mol. The highest BCUT2D eigenvalue weighted by molar-refractivity contribution is 5.78. The van der Waals surface area contributed by atoms with Gasteiger partial charge in [-0.15, -0.1) is 0 Å².